The van der Waals surface area contributed by atoms with Crippen molar-refractivity contribution in [1.29, 1.82) is 0 Å². The Labute approximate surface area is 127 Å². The molecule has 1 aliphatic rings. The number of benzene rings is 2. The number of carbonyl (C=O) groups excluding carboxylic acids is 1. The lowest BCUT2D eigenvalue weighted by atomic mass is 9.95. The zero-order valence-corrected chi connectivity index (χ0v) is 11.9. The van der Waals surface area contributed by atoms with Gasteiger partial charge in [0.1, 0.15) is 11.6 Å². The Bertz CT molecular complexity index is 676. The number of hydrogen-bond acceptors (Lipinski definition) is 2. The molecular weight excluding hydrogens is 286 g/mol. The lowest BCUT2D eigenvalue weighted by molar-refractivity contribution is -0.119. The second-order valence-electron chi connectivity index (χ2n) is 5.36. The summed E-state index contributed by atoms with van der Waals surface area (Å²) in [6.45, 7) is 1.02. The third kappa shape index (κ3) is 3.14. The molecule has 0 radical (unpaired) electrons. The summed E-state index contributed by atoms with van der Waals surface area (Å²) in [5.74, 6) is -1.73. The lowest BCUT2D eigenvalue weighted by Gasteiger charge is -2.40. The van der Waals surface area contributed by atoms with E-state index in [1.807, 2.05) is 35.2 Å². The fourth-order valence-electron chi connectivity index (χ4n) is 2.65. The first-order valence-corrected chi connectivity index (χ1v) is 7.17. The number of rotatable bonds is 4. The molecule has 0 bridgehead atoms. The predicted molar refractivity (Wildman–Crippen MR) is 80.4 cm³/mol. The number of amides is 1. The average molecular weight is 302 g/mol. The molecule has 3 rings (SSSR count). The molecule has 3 nitrogen and oxygen atoms in total. The molecule has 1 fully saturated rings. The van der Waals surface area contributed by atoms with Crippen LogP contribution in [-0.2, 0) is 4.79 Å². The van der Waals surface area contributed by atoms with Gasteiger partial charge < -0.3 is 5.32 Å². The van der Waals surface area contributed by atoms with E-state index in [2.05, 4.69) is 5.32 Å². The monoisotopic (exact) mass is 302 g/mol. The molecule has 1 saturated heterocycles. The van der Waals surface area contributed by atoms with Gasteiger partial charge in [-0.25, -0.2) is 8.78 Å². The van der Waals surface area contributed by atoms with Crippen LogP contribution in [0.4, 0.5) is 14.5 Å². The van der Waals surface area contributed by atoms with Gasteiger partial charge >= 0.3 is 0 Å². The third-order valence-electron chi connectivity index (χ3n) is 3.87. The molecule has 5 heteroatoms. The highest BCUT2D eigenvalue weighted by molar-refractivity contribution is 5.92. The number of likely N-dealkylation sites (tertiary alicyclic amines) is 1. The summed E-state index contributed by atoms with van der Waals surface area (Å²) in [6, 6.07) is 13.3. The predicted octanol–water partition coefficient (Wildman–Crippen LogP) is 3.35. The van der Waals surface area contributed by atoms with Crippen LogP contribution >= 0.6 is 0 Å². The maximum atomic E-state index is 13.5. The quantitative estimate of drug-likeness (QED) is 0.939. The van der Waals surface area contributed by atoms with Crippen LogP contribution in [0, 0.1) is 11.6 Å². The molecule has 1 N–H and O–H groups in total. The van der Waals surface area contributed by atoms with Gasteiger partial charge in [-0.2, -0.15) is 0 Å². The molecular formula is C17H16F2N2O. The number of halogens is 2. The Balaban J connectivity index is 1.60. The van der Waals surface area contributed by atoms with E-state index < -0.39 is 11.6 Å². The van der Waals surface area contributed by atoms with Gasteiger partial charge in [-0.15, -0.1) is 0 Å². The van der Waals surface area contributed by atoms with Crippen molar-refractivity contribution >= 4 is 11.6 Å². The molecule has 0 aromatic heterocycles. The van der Waals surface area contributed by atoms with Gasteiger partial charge in [0.05, 0.1) is 12.2 Å². The van der Waals surface area contributed by atoms with Crippen LogP contribution in [0.5, 0.6) is 0 Å². The lowest BCUT2D eigenvalue weighted by Crippen LogP contribution is -2.45. The van der Waals surface area contributed by atoms with Crippen LogP contribution < -0.4 is 5.32 Å². The number of anilines is 1. The molecule has 1 heterocycles. The van der Waals surface area contributed by atoms with E-state index in [9.17, 15) is 13.6 Å². The summed E-state index contributed by atoms with van der Waals surface area (Å²) in [7, 11) is 0. The Kier molecular flexibility index (Phi) is 4.15. The second kappa shape index (κ2) is 6.23. The van der Waals surface area contributed by atoms with Crippen LogP contribution in [0.25, 0.3) is 0 Å². The van der Waals surface area contributed by atoms with E-state index >= 15 is 0 Å². The SMILES string of the molecule is O=C(CN1CC[C@@H]1c1ccccc1)Nc1ccc(F)cc1F. The zero-order chi connectivity index (χ0) is 15.5. The highest BCUT2D eigenvalue weighted by Crippen LogP contribution is 2.32. The summed E-state index contributed by atoms with van der Waals surface area (Å²) in [5.41, 5.74) is 1.18. The normalized spacial score (nSPS) is 17.8. The summed E-state index contributed by atoms with van der Waals surface area (Å²) in [6.07, 6.45) is 1.00. The number of carbonyl (C=O) groups is 1. The second-order valence-corrected chi connectivity index (χ2v) is 5.36. The first kappa shape index (κ1) is 14.7. The smallest absolute Gasteiger partial charge is 0.238 e. The van der Waals surface area contributed by atoms with Gasteiger partial charge in [0, 0.05) is 18.7 Å². The van der Waals surface area contributed by atoms with Crippen molar-refractivity contribution in [3.63, 3.8) is 0 Å². The van der Waals surface area contributed by atoms with E-state index in [1.165, 1.54) is 11.6 Å². The Morgan fingerprint density at radius 3 is 2.59 bits per heavy atom. The van der Waals surface area contributed by atoms with Crippen molar-refractivity contribution in [2.75, 3.05) is 18.4 Å². The maximum absolute atomic E-state index is 13.5. The Morgan fingerprint density at radius 1 is 1.18 bits per heavy atom. The minimum atomic E-state index is -0.767. The van der Waals surface area contributed by atoms with Gasteiger partial charge in [-0.05, 0) is 24.1 Å². The highest BCUT2D eigenvalue weighted by Gasteiger charge is 2.30. The molecule has 2 aromatic rings. The number of hydrogen-bond donors (Lipinski definition) is 1. The minimum Gasteiger partial charge on any atom is -0.322 e. The molecule has 22 heavy (non-hydrogen) atoms. The summed E-state index contributed by atoms with van der Waals surface area (Å²) in [5, 5.41) is 2.49. The molecule has 1 aliphatic heterocycles. The first-order chi connectivity index (χ1) is 10.6. The van der Waals surface area contributed by atoms with Crippen LogP contribution in [0.2, 0.25) is 0 Å². The average Bonchev–Trinajstić information content (AvgIpc) is 2.48. The van der Waals surface area contributed by atoms with Crippen molar-refractivity contribution in [2.45, 2.75) is 12.5 Å². The Hall–Kier alpha value is -2.27. The van der Waals surface area contributed by atoms with E-state index in [1.54, 1.807) is 0 Å². The van der Waals surface area contributed by atoms with Gasteiger partial charge in [-0.3, -0.25) is 9.69 Å². The van der Waals surface area contributed by atoms with E-state index in [0.717, 1.165) is 25.1 Å². The standard InChI is InChI=1S/C17H16F2N2O/c18-13-6-7-15(14(19)10-13)20-17(22)11-21-9-8-16(21)12-4-2-1-3-5-12/h1-7,10,16H,8-9,11H2,(H,20,22)/t16-/m1/s1. The number of nitrogens with one attached hydrogen (secondary N) is 1. The van der Waals surface area contributed by atoms with E-state index in [4.69, 9.17) is 0 Å². The minimum absolute atomic E-state index is 0.00295. The van der Waals surface area contributed by atoms with E-state index in [0.29, 0.717) is 0 Å². The first-order valence-electron chi connectivity index (χ1n) is 7.17. The molecule has 114 valence electrons. The molecule has 1 amide bonds. The summed E-state index contributed by atoms with van der Waals surface area (Å²) in [4.78, 5) is 14.1. The van der Waals surface area contributed by atoms with Crippen LogP contribution in [-0.4, -0.2) is 23.9 Å². The fraction of sp³-hybridized carbons (Fsp3) is 0.235. The van der Waals surface area contributed by atoms with Gasteiger partial charge in [-0.1, -0.05) is 30.3 Å². The summed E-state index contributed by atoms with van der Waals surface area (Å²) < 4.78 is 26.4. The molecule has 0 saturated carbocycles. The van der Waals surface area contributed by atoms with Crippen molar-refractivity contribution in [1.82, 2.24) is 4.90 Å². The molecule has 0 aliphatic carbocycles. The molecule has 0 unspecified atom stereocenters. The Morgan fingerprint density at radius 2 is 1.95 bits per heavy atom. The largest absolute Gasteiger partial charge is 0.322 e. The van der Waals surface area contributed by atoms with Crippen molar-refractivity contribution in [3.8, 4) is 0 Å². The van der Waals surface area contributed by atoms with Gasteiger partial charge in [0.25, 0.3) is 0 Å². The molecule has 0 spiro atoms. The van der Waals surface area contributed by atoms with E-state index in [-0.39, 0.29) is 24.2 Å². The van der Waals surface area contributed by atoms with Crippen LogP contribution in [0.15, 0.2) is 48.5 Å². The van der Waals surface area contributed by atoms with Crippen LogP contribution in [0.3, 0.4) is 0 Å². The van der Waals surface area contributed by atoms with Crippen molar-refractivity contribution in [3.05, 3.63) is 65.7 Å². The highest BCUT2D eigenvalue weighted by atomic mass is 19.1. The van der Waals surface area contributed by atoms with Gasteiger partial charge in [0.15, 0.2) is 0 Å². The fourth-order valence-corrected chi connectivity index (χ4v) is 2.65. The summed E-state index contributed by atoms with van der Waals surface area (Å²) >= 11 is 0. The van der Waals surface area contributed by atoms with Crippen LogP contribution in [0.1, 0.15) is 18.0 Å². The molecule has 2 aromatic carbocycles. The zero-order valence-electron chi connectivity index (χ0n) is 11.9. The third-order valence-corrected chi connectivity index (χ3v) is 3.87. The topological polar surface area (TPSA) is 32.3 Å². The number of nitrogens with zero attached hydrogens (tertiary/aromatic N) is 1. The van der Waals surface area contributed by atoms with Crippen molar-refractivity contribution < 1.29 is 13.6 Å². The maximum Gasteiger partial charge on any atom is 0.238 e. The van der Waals surface area contributed by atoms with Crippen molar-refractivity contribution in [2.24, 2.45) is 0 Å². The molecule has 1 atom stereocenters. The van der Waals surface area contributed by atoms with Gasteiger partial charge in [0.2, 0.25) is 5.91 Å².